The van der Waals surface area contributed by atoms with Crippen molar-refractivity contribution < 1.29 is 0 Å². The quantitative estimate of drug-likeness (QED) is 0.685. The Bertz CT molecular complexity index is 237. The van der Waals surface area contributed by atoms with Crippen LogP contribution in [0.25, 0.3) is 0 Å². The molecular formula is C9H14ClNS2. The smallest absolute Gasteiger partial charge is 0.183 e. The maximum atomic E-state index is 5.72. The molecular weight excluding hydrogens is 222 g/mol. The van der Waals surface area contributed by atoms with Crippen molar-refractivity contribution in [3.05, 3.63) is 15.5 Å². The van der Waals surface area contributed by atoms with Crippen molar-refractivity contribution in [2.24, 2.45) is 0 Å². The lowest BCUT2D eigenvalue weighted by molar-refractivity contribution is 0.778. The van der Waals surface area contributed by atoms with E-state index in [0.717, 1.165) is 5.75 Å². The zero-order chi connectivity index (χ0) is 9.52. The summed E-state index contributed by atoms with van der Waals surface area (Å²) < 4.78 is 0.657. The topological polar surface area (TPSA) is 12.9 Å². The Labute approximate surface area is 92.9 Å². The third-order valence-electron chi connectivity index (χ3n) is 1.66. The molecule has 0 amide bonds. The van der Waals surface area contributed by atoms with Crippen LogP contribution < -0.4 is 0 Å². The summed E-state index contributed by atoms with van der Waals surface area (Å²) in [6.07, 6.45) is 5.84. The molecule has 0 aliphatic carbocycles. The molecule has 1 rings (SSSR count). The Kier molecular flexibility index (Phi) is 5.83. The number of rotatable bonds is 6. The number of hydrogen-bond acceptors (Lipinski definition) is 3. The fourth-order valence-corrected chi connectivity index (χ4v) is 3.06. The van der Waals surface area contributed by atoms with E-state index in [4.69, 9.17) is 11.6 Å². The van der Waals surface area contributed by atoms with Crippen molar-refractivity contribution in [2.75, 3.05) is 5.75 Å². The molecule has 1 heterocycles. The van der Waals surface area contributed by atoms with Crippen LogP contribution in [0.2, 0.25) is 4.47 Å². The lowest BCUT2D eigenvalue weighted by Crippen LogP contribution is -1.80. The van der Waals surface area contributed by atoms with Gasteiger partial charge in [-0.05, 0) is 12.2 Å². The minimum Gasteiger partial charge on any atom is -0.233 e. The molecule has 0 fully saturated rings. The highest BCUT2D eigenvalue weighted by molar-refractivity contribution is 7.98. The Morgan fingerprint density at radius 2 is 2.38 bits per heavy atom. The molecule has 1 nitrogen and oxygen atoms in total. The number of unbranched alkanes of at least 4 members (excludes halogenated alkanes) is 2. The van der Waals surface area contributed by atoms with Crippen molar-refractivity contribution in [2.45, 2.75) is 31.9 Å². The first-order valence-electron chi connectivity index (χ1n) is 4.51. The molecule has 0 unspecified atom stereocenters. The summed E-state index contributed by atoms with van der Waals surface area (Å²) in [5, 5.41) is 0. The van der Waals surface area contributed by atoms with Gasteiger partial charge in [-0.15, -0.1) is 11.3 Å². The SMILES string of the molecule is CCCCCSCc1cnc(Cl)s1. The molecule has 0 saturated carbocycles. The molecule has 0 bridgehead atoms. The minimum atomic E-state index is 0.657. The van der Waals surface area contributed by atoms with E-state index in [-0.39, 0.29) is 0 Å². The fourth-order valence-electron chi connectivity index (χ4n) is 0.977. The molecule has 1 aromatic heterocycles. The van der Waals surface area contributed by atoms with E-state index >= 15 is 0 Å². The molecule has 4 heteroatoms. The van der Waals surface area contributed by atoms with Gasteiger partial charge in [0.1, 0.15) is 0 Å². The van der Waals surface area contributed by atoms with Gasteiger partial charge in [0, 0.05) is 16.8 Å². The highest BCUT2D eigenvalue weighted by Gasteiger charge is 1.98. The molecule has 0 atom stereocenters. The van der Waals surface area contributed by atoms with Gasteiger partial charge in [0.15, 0.2) is 4.47 Å². The van der Waals surface area contributed by atoms with Gasteiger partial charge in [-0.25, -0.2) is 4.98 Å². The van der Waals surface area contributed by atoms with Crippen LogP contribution in [-0.4, -0.2) is 10.7 Å². The molecule has 1 aromatic rings. The van der Waals surface area contributed by atoms with Crippen molar-refractivity contribution in [1.29, 1.82) is 0 Å². The number of thiazole rings is 1. The first-order valence-corrected chi connectivity index (χ1v) is 6.85. The van der Waals surface area contributed by atoms with E-state index < -0.39 is 0 Å². The standard InChI is InChI=1S/C9H14ClNS2/c1-2-3-4-5-12-7-8-6-11-9(10)13-8/h6H,2-5,7H2,1H3. The van der Waals surface area contributed by atoms with Crippen LogP contribution in [0.5, 0.6) is 0 Å². The van der Waals surface area contributed by atoms with Crippen LogP contribution in [0, 0.1) is 0 Å². The van der Waals surface area contributed by atoms with E-state index in [0.29, 0.717) is 4.47 Å². The Morgan fingerprint density at radius 3 is 3.00 bits per heavy atom. The number of aromatic nitrogens is 1. The van der Waals surface area contributed by atoms with Crippen molar-refractivity contribution in [3.63, 3.8) is 0 Å². The van der Waals surface area contributed by atoms with E-state index in [2.05, 4.69) is 11.9 Å². The monoisotopic (exact) mass is 235 g/mol. The van der Waals surface area contributed by atoms with E-state index in [1.807, 2.05) is 18.0 Å². The van der Waals surface area contributed by atoms with Gasteiger partial charge in [0.25, 0.3) is 0 Å². The zero-order valence-electron chi connectivity index (χ0n) is 7.75. The molecule has 0 saturated heterocycles. The summed E-state index contributed by atoms with van der Waals surface area (Å²) in [4.78, 5) is 5.29. The predicted octanol–water partition coefficient (Wildman–Crippen LogP) is 4.22. The molecule has 0 spiro atoms. The number of hydrogen-bond donors (Lipinski definition) is 0. The minimum absolute atomic E-state index is 0.657. The first-order chi connectivity index (χ1) is 6.33. The molecule has 0 aromatic carbocycles. The van der Waals surface area contributed by atoms with Crippen molar-refractivity contribution in [1.82, 2.24) is 4.98 Å². The highest BCUT2D eigenvalue weighted by atomic mass is 35.5. The third-order valence-corrected chi connectivity index (χ3v) is 4.05. The maximum Gasteiger partial charge on any atom is 0.183 e. The second-order valence-corrected chi connectivity index (χ2v) is 5.64. The summed E-state index contributed by atoms with van der Waals surface area (Å²) >= 11 is 9.28. The van der Waals surface area contributed by atoms with Crippen LogP contribution in [0.3, 0.4) is 0 Å². The lowest BCUT2D eigenvalue weighted by Gasteiger charge is -1.97. The van der Waals surface area contributed by atoms with E-state index in [1.54, 1.807) is 11.3 Å². The Hall–Kier alpha value is 0.270. The maximum absolute atomic E-state index is 5.72. The van der Waals surface area contributed by atoms with Crippen LogP contribution >= 0.6 is 34.7 Å². The van der Waals surface area contributed by atoms with Crippen LogP contribution in [-0.2, 0) is 5.75 Å². The van der Waals surface area contributed by atoms with Crippen LogP contribution in [0.4, 0.5) is 0 Å². The lowest BCUT2D eigenvalue weighted by atomic mass is 10.3. The average Bonchev–Trinajstić information content (AvgIpc) is 2.51. The third kappa shape index (κ3) is 4.89. The summed E-state index contributed by atoms with van der Waals surface area (Å²) in [5.74, 6) is 2.32. The molecule has 74 valence electrons. The summed E-state index contributed by atoms with van der Waals surface area (Å²) in [6, 6.07) is 0. The summed E-state index contributed by atoms with van der Waals surface area (Å²) in [7, 11) is 0. The van der Waals surface area contributed by atoms with Gasteiger partial charge in [0.2, 0.25) is 0 Å². The van der Waals surface area contributed by atoms with Gasteiger partial charge in [-0.1, -0.05) is 31.4 Å². The first kappa shape index (κ1) is 11.3. The number of nitrogens with zero attached hydrogens (tertiary/aromatic N) is 1. The molecule has 0 N–H and O–H groups in total. The van der Waals surface area contributed by atoms with Gasteiger partial charge < -0.3 is 0 Å². The number of thioether (sulfide) groups is 1. The van der Waals surface area contributed by atoms with Gasteiger partial charge >= 0.3 is 0 Å². The number of halogens is 1. The van der Waals surface area contributed by atoms with E-state index in [1.165, 1.54) is 29.9 Å². The van der Waals surface area contributed by atoms with E-state index in [9.17, 15) is 0 Å². The van der Waals surface area contributed by atoms with Crippen LogP contribution in [0.15, 0.2) is 6.20 Å². The average molecular weight is 236 g/mol. The summed E-state index contributed by atoms with van der Waals surface area (Å²) in [6.45, 7) is 2.23. The molecule has 13 heavy (non-hydrogen) atoms. The highest BCUT2D eigenvalue weighted by Crippen LogP contribution is 2.22. The normalized spacial score (nSPS) is 10.6. The second-order valence-electron chi connectivity index (χ2n) is 2.84. The second kappa shape index (κ2) is 6.68. The molecule has 0 aliphatic heterocycles. The van der Waals surface area contributed by atoms with Crippen molar-refractivity contribution in [3.8, 4) is 0 Å². The molecule has 0 radical (unpaired) electrons. The summed E-state index contributed by atoms with van der Waals surface area (Å²) in [5.41, 5.74) is 0. The largest absolute Gasteiger partial charge is 0.233 e. The van der Waals surface area contributed by atoms with Crippen molar-refractivity contribution >= 4 is 34.7 Å². The Morgan fingerprint density at radius 1 is 1.54 bits per heavy atom. The predicted molar refractivity (Wildman–Crippen MR) is 62.8 cm³/mol. The Balaban J connectivity index is 2.06. The fraction of sp³-hybridized carbons (Fsp3) is 0.667. The van der Waals surface area contributed by atoms with Gasteiger partial charge in [-0.3, -0.25) is 0 Å². The van der Waals surface area contributed by atoms with Gasteiger partial charge in [0.05, 0.1) is 0 Å². The van der Waals surface area contributed by atoms with Gasteiger partial charge in [-0.2, -0.15) is 11.8 Å². The van der Waals surface area contributed by atoms with Crippen LogP contribution in [0.1, 0.15) is 31.1 Å². The zero-order valence-corrected chi connectivity index (χ0v) is 10.1. The molecule has 0 aliphatic rings.